The summed E-state index contributed by atoms with van der Waals surface area (Å²) in [6, 6.07) is 0. The molecular formula is C17H27N3O3. The van der Waals surface area contributed by atoms with Crippen LogP contribution in [0.15, 0.2) is 4.52 Å². The number of carbonyl (C=O) groups excluding carboxylic acids is 1. The predicted molar refractivity (Wildman–Crippen MR) is 86.4 cm³/mol. The Labute approximate surface area is 137 Å². The van der Waals surface area contributed by atoms with Gasteiger partial charge in [0.25, 0.3) is 5.91 Å². The number of fused-ring (bicyclic) bond motifs is 1. The number of likely N-dealkylation sites (tertiary alicyclic amines) is 1. The van der Waals surface area contributed by atoms with Gasteiger partial charge in [0.15, 0.2) is 0 Å². The summed E-state index contributed by atoms with van der Waals surface area (Å²) in [6.45, 7) is 1.87. The number of rotatable bonds is 3. The molecule has 1 aliphatic carbocycles. The minimum Gasteiger partial charge on any atom is -0.388 e. The van der Waals surface area contributed by atoms with Crippen LogP contribution in [0.1, 0.15) is 53.9 Å². The van der Waals surface area contributed by atoms with E-state index in [4.69, 9.17) is 4.52 Å². The summed E-state index contributed by atoms with van der Waals surface area (Å²) in [5, 5.41) is 14.8. The Bertz CT molecular complexity index is 569. The molecular weight excluding hydrogens is 294 g/mol. The van der Waals surface area contributed by atoms with Gasteiger partial charge >= 0.3 is 0 Å². The van der Waals surface area contributed by atoms with Gasteiger partial charge in [0, 0.05) is 25.2 Å². The molecule has 1 amide bonds. The van der Waals surface area contributed by atoms with Gasteiger partial charge in [0.2, 0.25) is 5.76 Å². The largest absolute Gasteiger partial charge is 0.388 e. The van der Waals surface area contributed by atoms with E-state index in [0.717, 1.165) is 49.8 Å². The molecule has 0 bridgehead atoms. The highest BCUT2D eigenvalue weighted by molar-refractivity contribution is 5.93. The SMILES string of the molecule is CN(C)C[C@]1(O)CCCN(C(=O)c2onc3c2CCCC3)CC1. The summed E-state index contributed by atoms with van der Waals surface area (Å²) in [6.07, 6.45) is 6.15. The maximum Gasteiger partial charge on any atom is 0.292 e. The summed E-state index contributed by atoms with van der Waals surface area (Å²) >= 11 is 0. The molecule has 3 rings (SSSR count). The Morgan fingerprint density at radius 1 is 1.26 bits per heavy atom. The number of aryl methyl sites for hydroxylation is 1. The second kappa shape index (κ2) is 6.61. The second-order valence-electron chi connectivity index (χ2n) is 7.25. The third-order valence-electron chi connectivity index (χ3n) is 4.97. The topological polar surface area (TPSA) is 69.8 Å². The van der Waals surface area contributed by atoms with Crippen molar-refractivity contribution in [3.8, 4) is 0 Å². The third-order valence-corrected chi connectivity index (χ3v) is 4.97. The van der Waals surface area contributed by atoms with Crippen molar-refractivity contribution in [3.63, 3.8) is 0 Å². The van der Waals surface area contributed by atoms with Crippen molar-refractivity contribution in [2.75, 3.05) is 33.7 Å². The lowest BCUT2D eigenvalue weighted by Crippen LogP contribution is -2.41. The second-order valence-corrected chi connectivity index (χ2v) is 7.25. The van der Waals surface area contributed by atoms with Gasteiger partial charge in [-0.25, -0.2) is 0 Å². The van der Waals surface area contributed by atoms with E-state index >= 15 is 0 Å². The van der Waals surface area contributed by atoms with E-state index in [9.17, 15) is 9.90 Å². The van der Waals surface area contributed by atoms with E-state index in [1.54, 1.807) is 0 Å². The van der Waals surface area contributed by atoms with E-state index in [-0.39, 0.29) is 5.91 Å². The molecule has 23 heavy (non-hydrogen) atoms. The lowest BCUT2D eigenvalue weighted by atomic mass is 9.94. The van der Waals surface area contributed by atoms with Crippen LogP contribution in [0.2, 0.25) is 0 Å². The Kier molecular flexibility index (Phi) is 4.73. The zero-order chi connectivity index (χ0) is 16.4. The fourth-order valence-corrected chi connectivity index (χ4v) is 3.83. The molecule has 0 aromatic carbocycles. The van der Waals surface area contributed by atoms with Crippen molar-refractivity contribution in [2.24, 2.45) is 0 Å². The molecule has 0 radical (unpaired) electrons. The number of nitrogens with zero attached hydrogens (tertiary/aromatic N) is 3. The van der Waals surface area contributed by atoms with E-state index in [1.165, 1.54) is 0 Å². The van der Waals surface area contributed by atoms with Gasteiger partial charge in [0.05, 0.1) is 11.3 Å². The average molecular weight is 321 g/mol. The van der Waals surface area contributed by atoms with Crippen molar-refractivity contribution in [2.45, 2.75) is 50.5 Å². The predicted octanol–water partition coefficient (Wildman–Crippen LogP) is 1.47. The first-order chi connectivity index (χ1) is 11.0. The van der Waals surface area contributed by atoms with Crippen LogP contribution in [0, 0.1) is 0 Å². The highest BCUT2D eigenvalue weighted by Crippen LogP contribution is 2.27. The lowest BCUT2D eigenvalue weighted by Gasteiger charge is -2.29. The van der Waals surface area contributed by atoms with Crippen LogP contribution in [0.4, 0.5) is 0 Å². The van der Waals surface area contributed by atoms with Gasteiger partial charge in [-0.2, -0.15) is 0 Å². The number of aromatic nitrogens is 1. The van der Waals surface area contributed by atoms with Crippen LogP contribution < -0.4 is 0 Å². The minimum absolute atomic E-state index is 0.0604. The fraction of sp³-hybridized carbons (Fsp3) is 0.765. The summed E-state index contributed by atoms with van der Waals surface area (Å²) in [4.78, 5) is 16.6. The summed E-state index contributed by atoms with van der Waals surface area (Å²) in [5.74, 6) is 0.368. The van der Waals surface area contributed by atoms with Crippen molar-refractivity contribution < 1.29 is 14.4 Å². The number of hydrogen-bond acceptors (Lipinski definition) is 5. The van der Waals surface area contributed by atoms with Crippen molar-refractivity contribution in [3.05, 3.63) is 17.0 Å². The monoisotopic (exact) mass is 321 g/mol. The van der Waals surface area contributed by atoms with Crippen LogP contribution in [0.3, 0.4) is 0 Å². The number of carbonyl (C=O) groups is 1. The van der Waals surface area contributed by atoms with Crippen LogP contribution in [-0.4, -0.2) is 65.3 Å². The summed E-state index contributed by atoms with van der Waals surface area (Å²) < 4.78 is 5.38. The standard InChI is InChI=1S/C17H27N3O3/c1-19(2)12-17(22)8-5-10-20(11-9-17)16(21)15-13-6-3-4-7-14(13)18-23-15/h22H,3-12H2,1-2H3/t17-/m0/s1. The molecule has 6 heteroatoms. The lowest BCUT2D eigenvalue weighted by molar-refractivity contribution is 0.00294. The number of amides is 1. The molecule has 2 aliphatic rings. The highest BCUT2D eigenvalue weighted by Gasteiger charge is 2.34. The number of aliphatic hydroxyl groups is 1. The average Bonchev–Trinajstić information content (AvgIpc) is 2.84. The van der Waals surface area contributed by atoms with Gasteiger partial charge in [-0.3, -0.25) is 4.79 Å². The van der Waals surface area contributed by atoms with E-state index in [1.807, 2.05) is 23.9 Å². The van der Waals surface area contributed by atoms with Crippen molar-refractivity contribution >= 4 is 5.91 Å². The molecule has 1 aliphatic heterocycles. The molecule has 6 nitrogen and oxygen atoms in total. The fourth-order valence-electron chi connectivity index (χ4n) is 3.83. The van der Waals surface area contributed by atoms with Gasteiger partial charge in [0.1, 0.15) is 0 Å². The van der Waals surface area contributed by atoms with Gasteiger partial charge in [-0.1, -0.05) is 5.16 Å². The molecule has 2 heterocycles. The van der Waals surface area contributed by atoms with Crippen molar-refractivity contribution in [1.82, 2.24) is 15.0 Å². The van der Waals surface area contributed by atoms with Gasteiger partial charge in [-0.15, -0.1) is 0 Å². The normalized spacial score (nSPS) is 25.3. The Hall–Kier alpha value is -1.40. The third kappa shape index (κ3) is 3.58. The van der Waals surface area contributed by atoms with Crippen molar-refractivity contribution in [1.29, 1.82) is 0 Å². The van der Waals surface area contributed by atoms with Gasteiger partial charge in [-0.05, 0) is 59.0 Å². The smallest absolute Gasteiger partial charge is 0.292 e. The van der Waals surface area contributed by atoms with E-state index < -0.39 is 5.60 Å². The quantitative estimate of drug-likeness (QED) is 0.913. The van der Waals surface area contributed by atoms with Crippen LogP contribution in [0.5, 0.6) is 0 Å². The van der Waals surface area contributed by atoms with Crippen LogP contribution in [-0.2, 0) is 12.8 Å². The number of hydrogen-bond donors (Lipinski definition) is 1. The molecule has 1 atom stereocenters. The molecule has 0 unspecified atom stereocenters. The summed E-state index contributed by atoms with van der Waals surface area (Å²) in [5.41, 5.74) is 1.26. The Balaban J connectivity index is 1.70. The first-order valence-electron chi connectivity index (χ1n) is 8.62. The molecule has 1 fully saturated rings. The summed E-state index contributed by atoms with van der Waals surface area (Å²) in [7, 11) is 3.93. The Morgan fingerprint density at radius 3 is 2.83 bits per heavy atom. The minimum atomic E-state index is -0.709. The molecule has 128 valence electrons. The molecule has 1 aromatic heterocycles. The van der Waals surface area contributed by atoms with Crippen LogP contribution in [0.25, 0.3) is 0 Å². The first-order valence-corrected chi connectivity index (χ1v) is 8.62. The maximum atomic E-state index is 12.8. The zero-order valence-electron chi connectivity index (χ0n) is 14.2. The highest BCUT2D eigenvalue weighted by atomic mass is 16.5. The molecule has 0 saturated carbocycles. The maximum absolute atomic E-state index is 12.8. The van der Waals surface area contributed by atoms with Gasteiger partial charge < -0.3 is 19.4 Å². The molecule has 0 spiro atoms. The first kappa shape index (κ1) is 16.5. The zero-order valence-corrected chi connectivity index (χ0v) is 14.2. The Morgan fingerprint density at radius 2 is 2.04 bits per heavy atom. The molecule has 1 saturated heterocycles. The molecule has 1 aromatic rings. The van der Waals surface area contributed by atoms with E-state index in [2.05, 4.69) is 5.16 Å². The number of likely N-dealkylation sites (N-methyl/N-ethyl adjacent to an activating group) is 1. The molecule has 1 N–H and O–H groups in total. The van der Waals surface area contributed by atoms with Crippen LogP contribution >= 0.6 is 0 Å². The van der Waals surface area contributed by atoms with E-state index in [0.29, 0.717) is 31.8 Å².